The summed E-state index contributed by atoms with van der Waals surface area (Å²) in [7, 11) is 0. The lowest BCUT2D eigenvalue weighted by Crippen LogP contribution is -2.13. The number of thiazole rings is 1. The highest BCUT2D eigenvalue weighted by Crippen LogP contribution is 2.42. The van der Waals surface area contributed by atoms with E-state index in [2.05, 4.69) is 4.98 Å². The third-order valence-electron chi connectivity index (χ3n) is 2.13. The summed E-state index contributed by atoms with van der Waals surface area (Å²) in [5, 5.41) is 10.8. The minimum Gasteiger partial charge on any atom is -0.481 e. The van der Waals surface area contributed by atoms with E-state index in [9.17, 15) is 4.79 Å². The summed E-state index contributed by atoms with van der Waals surface area (Å²) in [6.07, 6.45) is 2.07. The summed E-state index contributed by atoms with van der Waals surface area (Å²) in [5.41, 5.74) is 2.42. The van der Waals surface area contributed by atoms with E-state index in [0.29, 0.717) is 5.92 Å². The molecule has 0 saturated heterocycles. The van der Waals surface area contributed by atoms with E-state index in [0.717, 1.165) is 18.5 Å². The Kier molecular flexibility index (Phi) is 1.84. The number of carboxylic acid groups (broad SMARTS) is 1. The fourth-order valence-corrected chi connectivity index (χ4v) is 1.96. The van der Waals surface area contributed by atoms with E-state index < -0.39 is 5.97 Å². The van der Waals surface area contributed by atoms with Crippen molar-refractivity contribution in [3.63, 3.8) is 0 Å². The first-order valence-corrected chi connectivity index (χ1v) is 4.84. The molecule has 1 N–H and O–H groups in total. The molecule has 3 nitrogen and oxygen atoms in total. The molecule has 1 unspecified atom stereocenters. The molecule has 1 fully saturated rings. The van der Waals surface area contributed by atoms with Crippen LogP contribution in [0, 0.1) is 5.92 Å². The molecule has 0 aromatic carbocycles. The normalized spacial score (nSPS) is 19.0. The Morgan fingerprint density at radius 2 is 2.50 bits per heavy atom. The summed E-state index contributed by atoms with van der Waals surface area (Å²) >= 11 is 1.46. The van der Waals surface area contributed by atoms with Gasteiger partial charge in [0.25, 0.3) is 0 Å². The van der Waals surface area contributed by atoms with Gasteiger partial charge in [0, 0.05) is 5.38 Å². The number of rotatable bonds is 3. The van der Waals surface area contributed by atoms with E-state index in [4.69, 9.17) is 5.11 Å². The standard InChI is InChI=1S/C8H9NO2S/c10-8(11)7(5-1-2-5)6-3-12-4-9-6/h3-5,7H,1-2H2,(H,10,11). The Morgan fingerprint density at radius 1 is 1.75 bits per heavy atom. The molecule has 1 saturated carbocycles. The molecular formula is C8H9NO2S. The van der Waals surface area contributed by atoms with Crippen LogP contribution in [0.5, 0.6) is 0 Å². The van der Waals surface area contributed by atoms with Gasteiger partial charge in [-0.2, -0.15) is 0 Å². The van der Waals surface area contributed by atoms with E-state index in [-0.39, 0.29) is 5.92 Å². The van der Waals surface area contributed by atoms with Crippen molar-refractivity contribution in [3.8, 4) is 0 Å². The maximum atomic E-state index is 10.8. The highest BCUT2D eigenvalue weighted by Gasteiger charge is 2.38. The topological polar surface area (TPSA) is 50.2 Å². The Morgan fingerprint density at radius 3 is 2.92 bits per heavy atom. The first-order chi connectivity index (χ1) is 5.79. The van der Waals surface area contributed by atoms with Gasteiger partial charge in [0.05, 0.1) is 11.2 Å². The monoisotopic (exact) mass is 183 g/mol. The molecule has 0 amide bonds. The van der Waals surface area contributed by atoms with Gasteiger partial charge in [-0.05, 0) is 18.8 Å². The van der Waals surface area contributed by atoms with Gasteiger partial charge in [0.2, 0.25) is 0 Å². The van der Waals surface area contributed by atoms with E-state index in [1.54, 1.807) is 5.51 Å². The molecule has 0 aliphatic heterocycles. The zero-order chi connectivity index (χ0) is 8.55. The van der Waals surface area contributed by atoms with Crippen molar-refractivity contribution in [3.05, 3.63) is 16.6 Å². The van der Waals surface area contributed by atoms with Gasteiger partial charge in [-0.3, -0.25) is 4.79 Å². The van der Waals surface area contributed by atoms with Crippen molar-refractivity contribution in [2.24, 2.45) is 5.92 Å². The van der Waals surface area contributed by atoms with Crippen molar-refractivity contribution in [2.45, 2.75) is 18.8 Å². The Hall–Kier alpha value is -0.900. The Bertz CT molecular complexity index is 279. The Labute approximate surface area is 74.1 Å². The first kappa shape index (κ1) is 7.73. The summed E-state index contributed by atoms with van der Waals surface area (Å²) in [6.45, 7) is 0. The summed E-state index contributed by atoms with van der Waals surface area (Å²) in [6, 6.07) is 0. The van der Waals surface area contributed by atoms with E-state index >= 15 is 0 Å². The van der Waals surface area contributed by atoms with Gasteiger partial charge < -0.3 is 5.11 Å². The molecule has 64 valence electrons. The van der Waals surface area contributed by atoms with Crippen LogP contribution in [-0.2, 0) is 4.79 Å². The lowest BCUT2D eigenvalue weighted by atomic mass is 10.0. The lowest BCUT2D eigenvalue weighted by molar-refractivity contribution is -0.139. The number of hydrogen-bond acceptors (Lipinski definition) is 3. The average molecular weight is 183 g/mol. The van der Waals surface area contributed by atoms with Crippen LogP contribution in [0.15, 0.2) is 10.9 Å². The second-order valence-electron chi connectivity index (χ2n) is 3.07. The van der Waals surface area contributed by atoms with E-state index in [1.807, 2.05) is 5.38 Å². The van der Waals surface area contributed by atoms with Crippen LogP contribution >= 0.6 is 11.3 Å². The molecule has 1 aliphatic rings. The SMILES string of the molecule is O=C(O)C(c1cscn1)C1CC1. The van der Waals surface area contributed by atoms with Crippen LogP contribution in [0.4, 0.5) is 0 Å². The van der Waals surface area contributed by atoms with Crippen molar-refractivity contribution in [1.29, 1.82) is 0 Å². The van der Waals surface area contributed by atoms with Crippen molar-refractivity contribution < 1.29 is 9.90 Å². The van der Waals surface area contributed by atoms with Gasteiger partial charge >= 0.3 is 5.97 Å². The molecule has 1 aliphatic carbocycles. The van der Waals surface area contributed by atoms with Gasteiger partial charge in [0.15, 0.2) is 0 Å². The highest BCUT2D eigenvalue weighted by atomic mass is 32.1. The minimum absolute atomic E-state index is 0.338. The average Bonchev–Trinajstić information content (AvgIpc) is 2.65. The third-order valence-corrected chi connectivity index (χ3v) is 2.73. The molecule has 1 aromatic heterocycles. The largest absolute Gasteiger partial charge is 0.481 e. The van der Waals surface area contributed by atoms with E-state index in [1.165, 1.54) is 11.3 Å². The molecule has 1 aromatic rings. The number of aromatic nitrogens is 1. The molecule has 1 atom stereocenters. The molecule has 12 heavy (non-hydrogen) atoms. The van der Waals surface area contributed by atoms with Gasteiger partial charge in [-0.15, -0.1) is 11.3 Å². The highest BCUT2D eigenvalue weighted by molar-refractivity contribution is 7.07. The Balaban J connectivity index is 2.21. The lowest BCUT2D eigenvalue weighted by Gasteiger charge is -2.06. The number of aliphatic carboxylic acids is 1. The smallest absolute Gasteiger partial charge is 0.312 e. The molecule has 0 radical (unpaired) electrons. The number of carbonyl (C=O) groups is 1. The zero-order valence-corrected chi connectivity index (χ0v) is 7.25. The molecule has 0 bridgehead atoms. The number of hydrogen-bond donors (Lipinski definition) is 1. The molecule has 0 spiro atoms. The maximum Gasteiger partial charge on any atom is 0.312 e. The predicted molar refractivity (Wildman–Crippen MR) is 45.2 cm³/mol. The van der Waals surface area contributed by atoms with Crippen LogP contribution < -0.4 is 0 Å². The van der Waals surface area contributed by atoms with Crippen LogP contribution in [0.2, 0.25) is 0 Å². The summed E-state index contributed by atoms with van der Waals surface area (Å²) in [4.78, 5) is 14.9. The molecule has 4 heteroatoms. The molecule has 2 rings (SSSR count). The van der Waals surface area contributed by atoms with Gasteiger partial charge in [-0.1, -0.05) is 0 Å². The van der Waals surface area contributed by atoms with Gasteiger partial charge in [-0.25, -0.2) is 4.98 Å². The number of carboxylic acids is 1. The van der Waals surface area contributed by atoms with Crippen molar-refractivity contribution >= 4 is 17.3 Å². The van der Waals surface area contributed by atoms with Crippen molar-refractivity contribution in [2.75, 3.05) is 0 Å². The third kappa shape index (κ3) is 1.34. The van der Waals surface area contributed by atoms with Crippen molar-refractivity contribution in [1.82, 2.24) is 4.98 Å². The second-order valence-corrected chi connectivity index (χ2v) is 3.79. The van der Waals surface area contributed by atoms with Crippen LogP contribution in [0.3, 0.4) is 0 Å². The minimum atomic E-state index is -0.733. The molecule has 1 heterocycles. The quantitative estimate of drug-likeness (QED) is 0.776. The van der Waals surface area contributed by atoms with Crippen LogP contribution in [0.25, 0.3) is 0 Å². The summed E-state index contributed by atoms with van der Waals surface area (Å²) < 4.78 is 0. The maximum absolute atomic E-state index is 10.8. The summed E-state index contributed by atoms with van der Waals surface area (Å²) in [5.74, 6) is -0.746. The number of nitrogens with zero attached hydrogens (tertiary/aromatic N) is 1. The fraction of sp³-hybridized carbons (Fsp3) is 0.500. The van der Waals surface area contributed by atoms with Crippen LogP contribution in [0.1, 0.15) is 24.5 Å². The molecular weight excluding hydrogens is 174 g/mol. The van der Waals surface area contributed by atoms with Crippen LogP contribution in [-0.4, -0.2) is 16.1 Å². The fourth-order valence-electron chi connectivity index (χ4n) is 1.37. The first-order valence-electron chi connectivity index (χ1n) is 3.90. The zero-order valence-electron chi connectivity index (χ0n) is 6.43. The second kappa shape index (κ2) is 2.86. The van der Waals surface area contributed by atoms with Gasteiger partial charge in [0.1, 0.15) is 5.92 Å². The predicted octanol–water partition coefficient (Wildman–Crippen LogP) is 1.72.